The van der Waals surface area contributed by atoms with Crippen molar-refractivity contribution < 1.29 is 19.6 Å². The maximum atomic E-state index is 11.4. The van der Waals surface area contributed by atoms with Crippen LogP contribution in [-0.4, -0.2) is 35.0 Å². The molecule has 0 fully saturated rings. The lowest BCUT2D eigenvalue weighted by atomic mass is 9.94. The Morgan fingerprint density at radius 1 is 1.34 bits per heavy atom. The Morgan fingerprint density at radius 2 is 2.07 bits per heavy atom. The third-order valence-corrected chi connectivity index (χ3v) is 4.37. The maximum Gasteiger partial charge on any atom is 0.323 e. The lowest BCUT2D eigenvalue weighted by molar-refractivity contribution is -0.385. The average molecular weight is 397 g/mol. The molecule has 3 N–H and O–H groups in total. The average Bonchev–Trinajstić information content (AvgIpc) is 2.69. The number of methoxy groups -OCH3 is 1. The van der Waals surface area contributed by atoms with Crippen molar-refractivity contribution in [3.05, 3.63) is 57.6 Å². The van der Waals surface area contributed by atoms with Gasteiger partial charge in [-0.3, -0.25) is 20.3 Å². The molecule has 2 aromatic carbocycles. The van der Waals surface area contributed by atoms with E-state index in [9.17, 15) is 20.0 Å². The summed E-state index contributed by atoms with van der Waals surface area (Å²) in [6, 6.07) is 9.93. The number of carbonyl (C=O) groups is 1. The quantitative estimate of drug-likeness (QED) is 0.389. The van der Waals surface area contributed by atoms with Crippen LogP contribution in [0.5, 0.6) is 11.5 Å². The van der Waals surface area contributed by atoms with Crippen molar-refractivity contribution in [1.29, 1.82) is 0 Å². The van der Waals surface area contributed by atoms with Crippen molar-refractivity contribution in [3.8, 4) is 11.5 Å². The van der Waals surface area contributed by atoms with Crippen LogP contribution in [0.2, 0.25) is 0 Å². The molecule has 1 unspecified atom stereocenters. The smallest absolute Gasteiger partial charge is 0.323 e. The fourth-order valence-electron chi connectivity index (χ4n) is 2.96. The molecular formula is C19H19N5O5. The standard InChI is InChI=1S/C19H19N5O5/c1-11-9-16(26)22-23-17(11)12-3-6-14(7-4-12)21-20-10-13-5-8-15(25)19(29-2)18(13)24(27)28/h3-8,10-11,21,25H,9H2,1-2H3,(H,22,26). The molecule has 0 saturated carbocycles. The molecule has 2 aromatic rings. The SMILES string of the molecule is COc1c(O)ccc(C=NNc2ccc(C3=NNC(=O)CC3C)cc2)c1[N+](=O)[O-]. The molecule has 0 radical (unpaired) electrons. The summed E-state index contributed by atoms with van der Waals surface area (Å²) in [7, 11) is 1.24. The highest BCUT2D eigenvalue weighted by molar-refractivity contribution is 6.05. The van der Waals surface area contributed by atoms with Gasteiger partial charge in [-0.1, -0.05) is 19.1 Å². The summed E-state index contributed by atoms with van der Waals surface area (Å²) in [6.45, 7) is 1.94. The largest absolute Gasteiger partial charge is 0.504 e. The number of nitro groups is 1. The van der Waals surface area contributed by atoms with Crippen molar-refractivity contribution in [2.45, 2.75) is 13.3 Å². The highest BCUT2D eigenvalue weighted by Crippen LogP contribution is 2.37. The van der Waals surface area contributed by atoms with Gasteiger partial charge in [0.2, 0.25) is 11.7 Å². The van der Waals surface area contributed by atoms with Gasteiger partial charge in [0.25, 0.3) is 0 Å². The van der Waals surface area contributed by atoms with E-state index >= 15 is 0 Å². The van der Waals surface area contributed by atoms with Gasteiger partial charge < -0.3 is 9.84 Å². The van der Waals surface area contributed by atoms with Crippen molar-refractivity contribution in [1.82, 2.24) is 5.43 Å². The second kappa shape index (κ2) is 8.38. The van der Waals surface area contributed by atoms with Crippen molar-refractivity contribution >= 4 is 29.2 Å². The minimum absolute atomic E-state index is 0.0191. The molecule has 1 aliphatic heterocycles. The van der Waals surface area contributed by atoms with Crippen molar-refractivity contribution in [2.75, 3.05) is 12.5 Å². The van der Waals surface area contributed by atoms with Crippen LogP contribution in [0.4, 0.5) is 11.4 Å². The van der Waals surface area contributed by atoms with Gasteiger partial charge in [0.05, 0.1) is 35.2 Å². The monoisotopic (exact) mass is 397 g/mol. The fourth-order valence-corrected chi connectivity index (χ4v) is 2.96. The first-order valence-electron chi connectivity index (χ1n) is 8.71. The summed E-state index contributed by atoms with van der Waals surface area (Å²) in [5.41, 5.74) is 7.41. The van der Waals surface area contributed by atoms with Crippen LogP contribution >= 0.6 is 0 Å². The number of phenols is 1. The molecule has 1 heterocycles. The normalized spacial score (nSPS) is 16.3. The number of carbonyl (C=O) groups excluding carboxylic acids is 1. The summed E-state index contributed by atoms with van der Waals surface area (Å²) in [6.07, 6.45) is 1.66. The maximum absolute atomic E-state index is 11.4. The predicted octanol–water partition coefficient (Wildman–Crippen LogP) is 2.62. The highest BCUT2D eigenvalue weighted by atomic mass is 16.6. The molecule has 150 valence electrons. The molecule has 0 aromatic heterocycles. The molecule has 10 nitrogen and oxygen atoms in total. The Morgan fingerprint density at radius 3 is 2.69 bits per heavy atom. The number of hydrazone groups is 2. The molecule has 0 spiro atoms. The van der Waals surface area contributed by atoms with Gasteiger partial charge >= 0.3 is 5.69 Å². The van der Waals surface area contributed by atoms with E-state index in [4.69, 9.17) is 4.74 Å². The van der Waals surface area contributed by atoms with Crippen LogP contribution < -0.4 is 15.6 Å². The molecule has 3 rings (SSSR count). The number of nitrogens with one attached hydrogen (secondary N) is 2. The van der Waals surface area contributed by atoms with Gasteiger partial charge in [0.15, 0.2) is 5.75 Å². The summed E-state index contributed by atoms with van der Waals surface area (Å²) in [4.78, 5) is 22.0. The van der Waals surface area contributed by atoms with E-state index in [1.807, 2.05) is 19.1 Å². The van der Waals surface area contributed by atoms with Crippen LogP contribution in [0.3, 0.4) is 0 Å². The zero-order valence-electron chi connectivity index (χ0n) is 15.7. The van der Waals surface area contributed by atoms with E-state index in [0.29, 0.717) is 12.1 Å². The molecular weight excluding hydrogens is 378 g/mol. The van der Waals surface area contributed by atoms with Crippen molar-refractivity contribution in [3.63, 3.8) is 0 Å². The third-order valence-electron chi connectivity index (χ3n) is 4.37. The van der Waals surface area contributed by atoms with Crippen LogP contribution in [-0.2, 0) is 4.79 Å². The Hall–Kier alpha value is -3.95. The number of anilines is 1. The lowest BCUT2D eigenvalue weighted by Gasteiger charge is -2.19. The first-order chi connectivity index (χ1) is 13.9. The number of nitro benzene ring substituents is 1. The van der Waals surface area contributed by atoms with E-state index in [1.165, 1.54) is 25.5 Å². The first kappa shape index (κ1) is 19.8. The number of hydrogen-bond donors (Lipinski definition) is 3. The molecule has 29 heavy (non-hydrogen) atoms. The number of benzene rings is 2. The number of aromatic hydroxyl groups is 1. The second-order valence-electron chi connectivity index (χ2n) is 6.40. The molecule has 0 saturated heterocycles. The molecule has 10 heteroatoms. The Labute approximate surface area is 166 Å². The predicted molar refractivity (Wildman–Crippen MR) is 107 cm³/mol. The van der Waals surface area contributed by atoms with Gasteiger partial charge in [0.1, 0.15) is 0 Å². The Balaban J connectivity index is 1.75. The minimum Gasteiger partial charge on any atom is -0.504 e. The number of amides is 1. The van der Waals surface area contributed by atoms with Crippen LogP contribution in [0.1, 0.15) is 24.5 Å². The minimum atomic E-state index is -0.639. The lowest BCUT2D eigenvalue weighted by Crippen LogP contribution is -2.31. The summed E-state index contributed by atoms with van der Waals surface area (Å²) in [5, 5.41) is 29.2. The topological polar surface area (TPSA) is 138 Å². The third kappa shape index (κ3) is 4.32. The fraction of sp³-hybridized carbons (Fsp3) is 0.211. The van der Waals surface area contributed by atoms with E-state index in [2.05, 4.69) is 21.1 Å². The molecule has 1 amide bonds. The van der Waals surface area contributed by atoms with E-state index < -0.39 is 4.92 Å². The number of rotatable bonds is 6. The van der Waals surface area contributed by atoms with Gasteiger partial charge in [0, 0.05) is 12.3 Å². The van der Waals surface area contributed by atoms with Gasteiger partial charge in [-0.05, 0) is 29.8 Å². The zero-order valence-corrected chi connectivity index (χ0v) is 15.7. The molecule has 0 aliphatic carbocycles. The van der Waals surface area contributed by atoms with Crippen LogP contribution in [0.25, 0.3) is 0 Å². The number of nitrogens with zero attached hydrogens (tertiary/aromatic N) is 3. The zero-order chi connectivity index (χ0) is 21.0. The van der Waals surface area contributed by atoms with Gasteiger partial charge in [-0.2, -0.15) is 10.2 Å². The highest BCUT2D eigenvalue weighted by Gasteiger charge is 2.23. The summed E-state index contributed by atoms with van der Waals surface area (Å²) >= 11 is 0. The molecule has 0 bridgehead atoms. The van der Waals surface area contributed by atoms with E-state index in [1.54, 1.807) is 12.1 Å². The Bertz CT molecular complexity index is 1000. The number of phenolic OH excluding ortho intramolecular Hbond substituents is 1. The van der Waals surface area contributed by atoms with E-state index in [0.717, 1.165) is 11.3 Å². The van der Waals surface area contributed by atoms with Gasteiger partial charge in [-0.15, -0.1) is 0 Å². The second-order valence-corrected chi connectivity index (χ2v) is 6.40. The summed E-state index contributed by atoms with van der Waals surface area (Å²) < 4.78 is 4.92. The number of ether oxygens (including phenoxy) is 1. The number of hydrogen-bond acceptors (Lipinski definition) is 8. The van der Waals surface area contributed by atoms with E-state index in [-0.39, 0.29) is 34.6 Å². The Kier molecular flexibility index (Phi) is 5.72. The molecule has 1 atom stereocenters. The summed E-state index contributed by atoms with van der Waals surface area (Å²) in [5.74, 6) is -0.631. The van der Waals surface area contributed by atoms with Crippen LogP contribution in [0.15, 0.2) is 46.6 Å². The molecule has 1 aliphatic rings. The van der Waals surface area contributed by atoms with Crippen molar-refractivity contribution in [2.24, 2.45) is 16.1 Å². The first-order valence-corrected chi connectivity index (χ1v) is 8.71. The van der Waals surface area contributed by atoms with Gasteiger partial charge in [-0.25, -0.2) is 5.43 Å². The van der Waals surface area contributed by atoms with Crippen LogP contribution in [0, 0.1) is 16.0 Å².